The molecule has 2 saturated heterocycles. The molecule has 0 N–H and O–H groups in total. The van der Waals surface area contributed by atoms with Gasteiger partial charge in [-0.1, -0.05) is 42.5 Å². The molecule has 3 heterocycles. The summed E-state index contributed by atoms with van der Waals surface area (Å²) in [6.07, 6.45) is 4.11. The molecule has 0 spiro atoms. The second-order valence-electron chi connectivity index (χ2n) is 6.40. The molecule has 0 aromatic heterocycles. The molecule has 4 heteroatoms. The van der Waals surface area contributed by atoms with E-state index >= 15 is 0 Å². The summed E-state index contributed by atoms with van der Waals surface area (Å²) in [5.41, 5.74) is 1.31. The largest absolute Gasteiger partial charge is 0.341 e. The first-order valence-corrected chi connectivity index (χ1v) is 7.58. The third-order valence-corrected chi connectivity index (χ3v) is 4.37. The zero-order valence-corrected chi connectivity index (χ0v) is 12.4. The molecule has 3 aliphatic heterocycles. The molecule has 0 saturated carbocycles. The van der Waals surface area contributed by atoms with Crippen LogP contribution >= 0.6 is 0 Å². The third-order valence-electron chi connectivity index (χ3n) is 4.37. The van der Waals surface area contributed by atoms with Crippen molar-refractivity contribution >= 4 is 0 Å². The van der Waals surface area contributed by atoms with Crippen molar-refractivity contribution in [1.29, 1.82) is 0 Å². The summed E-state index contributed by atoms with van der Waals surface area (Å²) in [5, 5.41) is 0. The Kier molecular flexibility index (Phi) is 3.15. The summed E-state index contributed by atoms with van der Waals surface area (Å²) in [7, 11) is 0. The molecule has 0 aliphatic carbocycles. The van der Waals surface area contributed by atoms with Crippen molar-refractivity contribution in [1.82, 2.24) is 4.90 Å². The Hall–Kier alpha value is -1.20. The van der Waals surface area contributed by atoms with Gasteiger partial charge in [0.1, 0.15) is 6.10 Å². The van der Waals surface area contributed by atoms with E-state index in [2.05, 4.69) is 41.3 Å². The third kappa shape index (κ3) is 2.42. The molecular formula is C17H21NO3. The van der Waals surface area contributed by atoms with Crippen LogP contribution in [0.15, 0.2) is 42.5 Å². The minimum absolute atomic E-state index is 0.0151. The summed E-state index contributed by atoms with van der Waals surface area (Å²) in [5.74, 6) is -0.556. The van der Waals surface area contributed by atoms with Crippen LogP contribution in [0.3, 0.4) is 0 Å². The molecule has 0 bridgehead atoms. The predicted molar refractivity (Wildman–Crippen MR) is 78.5 cm³/mol. The van der Waals surface area contributed by atoms with Crippen LogP contribution in [0.4, 0.5) is 0 Å². The van der Waals surface area contributed by atoms with Gasteiger partial charge in [0.15, 0.2) is 12.1 Å². The van der Waals surface area contributed by atoms with E-state index in [1.165, 1.54) is 5.56 Å². The molecule has 4 rings (SSSR count). The number of hydrogen-bond acceptors (Lipinski definition) is 4. The van der Waals surface area contributed by atoms with Gasteiger partial charge in [-0.3, -0.25) is 4.90 Å². The van der Waals surface area contributed by atoms with E-state index < -0.39 is 5.79 Å². The van der Waals surface area contributed by atoms with Crippen molar-refractivity contribution in [3.8, 4) is 0 Å². The lowest BCUT2D eigenvalue weighted by molar-refractivity contribution is -0.206. The summed E-state index contributed by atoms with van der Waals surface area (Å²) >= 11 is 0. The van der Waals surface area contributed by atoms with E-state index in [0.717, 1.165) is 13.1 Å². The van der Waals surface area contributed by atoms with Crippen LogP contribution in [0.25, 0.3) is 0 Å². The fourth-order valence-corrected chi connectivity index (χ4v) is 3.53. The minimum atomic E-state index is -0.556. The van der Waals surface area contributed by atoms with E-state index in [0.29, 0.717) is 0 Å². The normalized spacial score (nSPS) is 37.4. The lowest BCUT2D eigenvalue weighted by Gasteiger charge is -2.36. The van der Waals surface area contributed by atoms with Gasteiger partial charge in [-0.05, 0) is 19.4 Å². The highest BCUT2D eigenvalue weighted by molar-refractivity contribution is 5.18. The van der Waals surface area contributed by atoms with Gasteiger partial charge in [-0.15, -0.1) is 0 Å². The molecule has 0 amide bonds. The number of hydrogen-bond donors (Lipinski definition) is 0. The maximum absolute atomic E-state index is 6.09. The molecular weight excluding hydrogens is 266 g/mol. The molecule has 1 aromatic carbocycles. The van der Waals surface area contributed by atoms with Crippen LogP contribution in [-0.4, -0.2) is 41.8 Å². The van der Waals surface area contributed by atoms with Gasteiger partial charge in [-0.25, -0.2) is 0 Å². The number of rotatable bonds is 2. The maximum Gasteiger partial charge on any atom is 0.189 e. The first-order chi connectivity index (χ1) is 10.1. The first kappa shape index (κ1) is 13.5. The number of nitrogens with zero attached hydrogens (tertiary/aromatic N) is 1. The molecule has 0 radical (unpaired) electrons. The molecule has 1 aromatic rings. The Morgan fingerprint density at radius 2 is 2.00 bits per heavy atom. The van der Waals surface area contributed by atoms with Crippen molar-refractivity contribution in [2.75, 3.05) is 6.54 Å². The summed E-state index contributed by atoms with van der Waals surface area (Å²) in [6.45, 7) is 5.73. The van der Waals surface area contributed by atoms with Gasteiger partial charge in [-0.2, -0.15) is 0 Å². The smallest absolute Gasteiger partial charge is 0.189 e. The van der Waals surface area contributed by atoms with Crippen LogP contribution in [0.2, 0.25) is 0 Å². The van der Waals surface area contributed by atoms with Crippen LogP contribution in [-0.2, 0) is 20.8 Å². The zero-order valence-electron chi connectivity index (χ0n) is 12.4. The van der Waals surface area contributed by atoms with E-state index in [1.54, 1.807) is 0 Å². The van der Waals surface area contributed by atoms with Crippen LogP contribution in [0.5, 0.6) is 0 Å². The van der Waals surface area contributed by atoms with Crippen LogP contribution < -0.4 is 0 Å². The van der Waals surface area contributed by atoms with Crippen molar-refractivity contribution in [3.63, 3.8) is 0 Å². The van der Waals surface area contributed by atoms with Crippen LogP contribution in [0.1, 0.15) is 19.4 Å². The highest BCUT2D eigenvalue weighted by Crippen LogP contribution is 2.41. The van der Waals surface area contributed by atoms with Gasteiger partial charge in [0.05, 0.1) is 12.1 Å². The van der Waals surface area contributed by atoms with Gasteiger partial charge >= 0.3 is 0 Å². The van der Waals surface area contributed by atoms with Gasteiger partial charge in [0.2, 0.25) is 0 Å². The van der Waals surface area contributed by atoms with Gasteiger partial charge in [0, 0.05) is 13.1 Å². The quantitative estimate of drug-likeness (QED) is 0.781. The van der Waals surface area contributed by atoms with Crippen molar-refractivity contribution < 1.29 is 14.2 Å². The number of benzene rings is 1. The summed E-state index contributed by atoms with van der Waals surface area (Å²) in [6, 6.07) is 10.8. The predicted octanol–water partition coefficient (Wildman–Crippen LogP) is 2.30. The SMILES string of the molecule is CC1(C)O[C@H]2O[C@@H]3C=CCN(Cc4ccccc4)[C@H]3[C@H]2O1. The Labute approximate surface area is 125 Å². The minimum Gasteiger partial charge on any atom is -0.341 e. The summed E-state index contributed by atoms with van der Waals surface area (Å²) in [4.78, 5) is 2.43. The van der Waals surface area contributed by atoms with Crippen molar-refractivity contribution in [2.45, 2.75) is 50.7 Å². The van der Waals surface area contributed by atoms with E-state index in [9.17, 15) is 0 Å². The van der Waals surface area contributed by atoms with Gasteiger partial charge in [0.25, 0.3) is 0 Å². The molecule has 3 aliphatic rings. The fraction of sp³-hybridized carbons (Fsp3) is 0.529. The highest BCUT2D eigenvalue weighted by atomic mass is 16.8. The number of fused-ring (bicyclic) bond motifs is 3. The highest BCUT2D eigenvalue weighted by Gasteiger charge is 2.56. The van der Waals surface area contributed by atoms with Crippen LogP contribution in [0, 0.1) is 0 Å². The molecule has 4 atom stereocenters. The average Bonchev–Trinajstić information content (AvgIpc) is 2.92. The second kappa shape index (κ2) is 4.92. The number of ether oxygens (including phenoxy) is 3. The fourth-order valence-electron chi connectivity index (χ4n) is 3.53. The Morgan fingerprint density at radius 1 is 1.19 bits per heavy atom. The van der Waals surface area contributed by atoms with E-state index in [1.807, 2.05) is 19.9 Å². The molecule has 112 valence electrons. The van der Waals surface area contributed by atoms with E-state index in [4.69, 9.17) is 14.2 Å². The van der Waals surface area contributed by atoms with Crippen molar-refractivity contribution in [2.24, 2.45) is 0 Å². The van der Waals surface area contributed by atoms with E-state index in [-0.39, 0.29) is 24.5 Å². The first-order valence-electron chi connectivity index (χ1n) is 7.58. The topological polar surface area (TPSA) is 30.9 Å². The molecule has 2 fully saturated rings. The Balaban J connectivity index is 1.57. The molecule has 0 unspecified atom stereocenters. The van der Waals surface area contributed by atoms with Gasteiger partial charge < -0.3 is 14.2 Å². The Bertz CT molecular complexity index is 542. The second-order valence-corrected chi connectivity index (χ2v) is 6.40. The lowest BCUT2D eigenvalue weighted by atomic mass is 10.0. The molecule has 4 nitrogen and oxygen atoms in total. The lowest BCUT2D eigenvalue weighted by Crippen LogP contribution is -2.49. The van der Waals surface area contributed by atoms with Crippen molar-refractivity contribution in [3.05, 3.63) is 48.0 Å². The standard InChI is InChI=1S/C17H21NO3/c1-17(2)20-15-14-13(19-16(15)21-17)9-6-10-18(14)11-12-7-4-3-5-8-12/h3-9,13-16H,10-11H2,1-2H3/t13-,14-,15-,16-/m1/s1. The average molecular weight is 287 g/mol. The Morgan fingerprint density at radius 3 is 2.81 bits per heavy atom. The summed E-state index contributed by atoms with van der Waals surface area (Å²) < 4.78 is 18.0. The zero-order chi connectivity index (χ0) is 14.4. The monoisotopic (exact) mass is 287 g/mol. The maximum atomic E-state index is 6.09. The molecule has 21 heavy (non-hydrogen) atoms.